The van der Waals surface area contributed by atoms with Gasteiger partial charge in [-0.25, -0.2) is 9.37 Å². The number of nitrogens with zero attached hydrogens (tertiary/aromatic N) is 2. The standard InChI is InChI=1S/C13H8ClFN4O/c14-12-4-8(10(17)6-18-12)13(20)19-11-2-1-7(5-16)3-9(11)15/h1-4,6H,17H2,(H,19,20). The van der Waals surface area contributed by atoms with Gasteiger partial charge < -0.3 is 11.1 Å². The average Bonchev–Trinajstić information content (AvgIpc) is 2.43. The second-order valence-electron chi connectivity index (χ2n) is 3.85. The van der Waals surface area contributed by atoms with Gasteiger partial charge in [0.25, 0.3) is 5.91 Å². The minimum atomic E-state index is -0.712. The molecule has 1 aromatic carbocycles. The highest BCUT2D eigenvalue weighted by atomic mass is 35.5. The molecule has 1 amide bonds. The van der Waals surface area contributed by atoms with Crippen LogP contribution in [0.25, 0.3) is 0 Å². The van der Waals surface area contributed by atoms with Gasteiger partial charge in [0.15, 0.2) is 0 Å². The molecule has 1 aromatic heterocycles. The largest absolute Gasteiger partial charge is 0.397 e. The van der Waals surface area contributed by atoms with E-state index in [-0.39, 0.29) is 27.7 Å². The highest BCUT2D eigenvalue weighted by molar-refractivity contribution is 6.30. The fourth-order valence-corrected chi connectivity index (χ4v) is 1.67. The Hall–Kier alpha value is -2.65. The number of carbonyl (C=O) groups is 1. The highest BCUT2D eigenvalue weighted by Gasteiger charge is 2.13. The van der Waals surface area contributed by atoms with Crippen molar-refractivity contribution in [3.05, 3.63) is 52.6 Å². The first kappa shape index (κ1) is 13.8. The molecule has 0 radical (unpaired) electrons. The van der Waals surface area contributed by atoms with Gasteiger partial charge in [0.05, 0.1) is 34.8 Å². The lowest BCUT2D eigenvalue weighted by atomic mass is 10.2. The van der Waals surface area contributed by atoms with Crippen LogP contribution in [0.5, 0.6) is 0 Å². The number of hydrogen-bond donors (Lipinski definition) is 2. The summed E-state index contributed by atoms with van der Waals surface area (Å²) in [5, 5.41) is 11.1. The Morgan fingerprint density at radius 2 is 2.20 bits per heavy atom. The molecule has 100 valence electrons. The van der Waals surface area contributed by atoms with Gasteiger partial charge in [-0.3, -0.25) is 4.79 Å². The number of hydrogen-bond acceptors (Lipinski definition) is 4. The summed E-state index contributed by atoms with van der Waals surface area (Å²) in [5.41, 5.74) is 5.93. The van der Waals surface area contributed by atoms with Gasteiger partial charge in [0.1, 0.15) is 11.0 Å². The lowest BCUT2D eigenvalue weighted by Crippen LogP contribution is -2.15. The van der Waals surface area contributed by atoms with Crippen LogP contribution in [0.2, 0.25) is 5.15 Å². The molecule has 0 unspecified atom stereocenters. The number of pyridine rings is 1. The van der Waals surface area contributed by atoms with Crippen LogP contribution in [0.4, 0.5) is 15.8 Å². The van der Waals surface area contributed by atoms with E-state index in [1.165, 1.54) is 24.4 Å². The number of anilines is 2. The summed E-state index contributed by atoms with van der Waals surface area (Å²) in [6.45, 7) is 0. The molecule has 0 aliphatic carbocycles. The summed E-state index contributed by atoms with van der Waals surface area (Å²) in [6, 6.07) is 6.80. The van der Waals surface area contributed by atoms with Crippen molar-refractivity contribution in [2.24, 2.45) is 0 Å². The first-order chi connectivity index (χ1) is 9.51. The van der Waals surface area contributed by atoms with Crippen molar-refractivity contribution >= 4 is 28.9 Å². The molecule has 0 aliphatic heterocycles. The average molecular weight is 291 g/mol. The first-order valence-electron chi connectivity index (χ1n) is 5.43. The van der Waals surface area contributed by atoms with Crippen LogP contribution in [0.1, 0.15) is 15.9 Å². The van der Waals surface area contributed by atoms with Gasteiger partial charge in [0.2, 0.25) is 0 Å². The molecule has 3 N–H and O–H groups in total. The Morgan fingerprint density at radius 3 is 2.85 bits per heavy atom. The van der Waals surface area contributed by atoms with Gasteiger partial charge >= 0.3 is 0 Å². The van der Waals surface area contributed by atoms with Crippen LogP contribution >= 0.6 is 11.6 Å². The van der Waals surface area contributed by atoms with Gasteiger partial charge in [-0.15, -0.1) is 0 Å². The van der Waals surface area contributed by atoms with Gasteiger partial charge in [-0.2, -0.15) is 5.26 Å². The molecule has 1 heterocycles. The maximum atomic E-state index is 13.7. The van der Waals surface area contributed by atoms with Crippen LogP contribution in [-0.2, 0) is 0 Å². The second-order valence-corrected chi connectivity index (χ2v) is 4.24. The van der Waals surface area contributed by atoms with E-state index in [9.17, 15) is 9.18 Å². The number of rotatable bonds is 2. The number of carbonyl (C=O) groups excluding carboxylic acids is 1. The van der Waals surface area contributed by atoms with Crippen LogP contribution < -0.4 is 11.1 Å². The van der Waals surface area contributed by atoms with Crippen molar-refractivity contribution < 1.29 is 9.18 Å². The minimum absolute atomic E-state index is 0.0543. The molecular weight excluding hydrogens is 283 g/mol. The molecule has 5 nitrogen and oxygen atoms in total. The third kappa shape index (κ3) is 2.84. The zero-order chi connectivity index (χ0) is 14.7. The quantitative estimate of drug-likeness (QED) is 0.832. The topological polar surface area (TPSA) is 91.8 Å². The Kier molecular flexibility index (Phi) is 3.82. The van der Waals surface area contributed by atoms with Crippen LogP contribution in [-0.4, -0.2) is 10.9 Å². The predicted octanol–water partition coefficient (Wildman–Crippen LogP) is 2.58. The van der Waals surface area contributed by atoms with E-state index in [0.29, 0.717) is 0 Å². The fraction of sp³-hybridized carbons (Fsp3) is 0. The molecule has 0 bridgehead atoms. The molecule has 0 saturated heterocycles. The monoisotopic (exact) mass is 290 g/mol. The molecule has 0 saturated carbocycles. The number of benzene rings is 1. The van der Waals surface area contributed by atoms with E-state index in [4.69, 9.17) is 22.6 Å². The molecule has 2 aromatic rings. The number of aromatic nitrogens is 1. The SMILES string of the molecule is N#Cc1ccc(NC(=O)c2cc(Cl)ncc2N)c(F)c1. The van der Waals surface area contributed by atoms with E-state index in [2.05, 4.69) is 10.3 Å². The predicted molar refractivity (Wildman–Crippen MR) is 72.7 cm³/mol. The van der Waals surface area contributed by atoms with E-state index in [1.54, 1.807) is 6.07 Å². The number of amides is 1. The summed E-state index contributed by atoms with van der Waals surface area (Å²) >= 11 is 5.68. The molecule has 7 heteroatoms. The Labute approximate surface area is 118 Å². The second kappa shape index (κ2) is 5.55. The van der Waals surface area contributed by atoms with Crippen molar-refractivity contribution in [3.63, 3.8) is 0 Å². The zero-order valence-corrected chi connectivity index (χ0v) is 10.8. The Morgan fingerprint density at radius 1 is 1.45 bits per heavy atom. The number of nitriles is 1. The lowest BCUT2D eigenvalue weighted by Gasteiger charge is -2.08. The highest BCUT2D eigenvalue weighted by Crippen LogP contribution is 2.19. The van der Waals surface area contributed by atoms with Crippen LogP contribution in [0.15, 0.2) is 30.5 Å². The minimum Gasteiger partial charge on any atom is -0.397 e. The van der Waals surface area contributed by atoms with E-state index in [1.807, 2.05) is 0 Å². The van der Waals surface area contributed by atoms with E-state index < -0.39 is 11.7 Å². The summed E-state index contributed by atoms with van der Waals surface area (Å²) in [6.07, 6.45) is 1.24. The number of nitrogens with one attached hydrogen (secondary N) is 1. The van der Waals surface area contributed by atoms with Crippen LogP contribution in [0.3, 0.4) is 0 Å². The van der Waals surface area contributed by atoms with Gasteiger partial charge in [-0.1, -0.05) is 11.6 Å². The van der Waals surface area contributed by atoms with Crippen molar-refractivity contribution in [2.45, 2.75) is 0 Å². The Balaban J connectivity index is 2.28. The maximum absolute atomic E-state index is 13.7. The van der Waals surface area contributed by atoms with Crippen molar-refractivity contribution in [2.75, 3.05) is 11.1 Å². The number of nitrogen functional groups attached to an aromatic ring is 1. The smallest absolute Gasteiger partial charge is 0.258 e. The van der Waals surface area contributed by atoms with E-state index >= 15 is 0 Å². The third-order valence-electron chi connectivity index (χ3n) is 2.49. The summed E-state index contributed by atoms with van der Waals surface area (Å²) in [7, 11) is 0. The number of halogens is 2. The molecule has 2 rings (SSSR count). The molecule has 20 heavy (non-hydrogen) atoms. The summed E-state index contributed by atoms with van der Waals surface area (Å²) in [4.78, 5) is 15.7. The first-order valence-corrected chi connectivity index (χ1v) is 5.81. The fourth-order valence-electron chi connectivity index (χ4n) is 1.51. The van der Waals surface area contributed by atoms with Crippen molar-refractivity contribution in [3.8, 4) is 6.07 Å². The summed E-state index contributed by atoms with van der Waals surface area (Å²) < 4.78 is 13.7. The van der Waals surface area contributed by atoms with Crippen molar-refractivity contribution in [1.29, 1.82) is 5.26 Å². The molecule has 0 spiro atoms. The normalized spacial score (nSPS) is 9.85. The van der Waals surface area contributed by atoms with Crippen molar-refractivity contribution in [1.82, 2.24) is 4.98 Å². The third-order valence-corrected chi connectivity index (χ3v) is 2.70. The Bertz CT molecular complexity index is 727. The molecular formula is C13H8ClFN4O. The maximum Gasteiger partial charge on any atom is 0.258 e. The number of nitrogens with two attached hydrogens (primary N) is 1. The van der Waals surface area contributed by atoms with E-state index in [0.717, 1.165) is 6.07 Å². The molecule has 0 atom stereocenters. The molecule has 0 fully saturated rings. The van der Waals surface area contributed by atoms with Gasteiger partial charge in [-0.05, 0) is 24.3 Å². The van der Waals surface area contributed by atoms with Gasteiger partial charge in [0, 0.05) is 0 Å². The van der Waals surface area contributed by atoms with Crippen LogP contribution in [0, 0.1) is 17.1 Å². The lowest BCUT2D eigenvalue weighted by molar-refractivity contribution is 0.102. The molecule has 0 aliphatic rings. The zero-order valence-electron chi connectivity index (χ0n) is 10.0. The summed E-state index contributed by atoms with van der Waals surface area (Å²) in [5.74, 6) is -1.33.